The first-order chi connectivity index (χ1) is 9.45. The summed E-state index contributed by atoms with van der Waals surface area (Å²) in [6, 6.07) is 5.68. The average Bonchev–Trinajstić information content (AvgIpc) is 2.41. The maximum atomic E-state index is 11.8. The molecule has 2 amide bonds. The van der Waals surface area contributed by atoms with Crippen molar-refractivity contribution in [2.75, 3.05) is 12.0 Å². The molecule has 0 heterocycles. The van der Waals surface area contributed by atoms with E-state index < -0.39 is 6.10 Å². The second kappa shape index (κ2) is 7.79. The Hall–Kier alpha value is -1.69. The zero-order chi connectivity index (χ0) is 15.1. The Morgan fingerprint density at radius 1 is 1.30 bits per heavy atom. The lowest BCUT2D eigenvalue weighted by molar-refractivity contribution is -0.131. The van der Waals surface area contributed by atoms with Crippen molar-refractivity contribution in [3.8, 4) is 5.75 Å². The molecule has 1 aromatic rings. The van der Waals surface area contributed by atoms with Gasteiger partial charge in [-0.25, -0.2) is 0 Å². The summed E-state index contributed by atoms with van der Waals surface area (Å²) in [7, 11) is 0. The monoisotopic (exact) mass is 296 g/mol. The zero-order valence-corrected chi connectivity index (χ0v) is 13.0. The number of ether oxygens (including phenoxy) is 1. The van der Waals surface area contributed by atoms with Crippen LogP contribution in [0.25, 0.3) is 0 Å². The highest BCUT2D eigenvalue weighted by molar-refractivity contribution is 7.99. The lowest BCUT2D eigenvalue weighted by Gasteiger charge is -2.17. The zero-order valence-electron chi connectivity index (χ0n) is 12.1. The molecule has 1 atom stereocenters. The maximum absolute atomic E-state index is 11.8. The molecule has 1 unspecified atom stereocenters. The molecule has 0 bridgehead atoms. The van der Waals surface area contributed by atoms with Gasteiger partial charge in [-0.3, -0.25) is 20.4 Å². The van der Waals surface area contributed by atoms with E-state index in [1.807, 2.05) is 38.3 Å². The summed E-state index contributed by atoms with van der Waals surface area (Å²) in [6.07, 6.45) is 1.12. The standard InChI is InChI=1S/C14H20N2O3S/c1-9-6-5-7-12(10(9)2)19-11(3)14(18)16-15-13(17)8-20-4/h5-7,11H,8H2,1-4H3,(H,15,17)(H,16,18). The van der Waals surface area contributed by atoms with Gasteiger partial charge >= 0.3 is 0 Å². The molecule has 0 aliphatic carbocycles. The van der Waals surface area contributed by atoms with E-state index in [2.05, 4.69) is 10.9 Å². The van der Waals surface area contributed by atoms with E-state index in [4.69, 9.17) is 4.74 Å². The summed E-state index contributed by atoms with van der Waals surface area (Å²) >= 11 is 1.38. The van der Waals surface area contributed by atoms with Crippen molar-refractivity contribution in [3.63, 3.8) is 0 Å². The van der Waals surface area contributed by atoms with Crippen LogP contribution in [0.3, 0.4) is 0 Å². The number of carbonyl (C=O) groups is 2. The third kappa shape index (κ3) is 4.77. The SMILES string of the molecule is CSCC(=O)NNC(=O)C(C)Oc1cccc(C)c1C. The van der Waals surface area contributed by atoms with Gasteiger partial charge in [-0.1, -0.05) is 12.1 Å². The van der Waals surface area contributed by atoms with Crippen LogP contribution in [0.4, 0.5) is 0 Å². The third-order valence-corrected chi connectivity index (χ3v) is 3.38. The van der Waals surface area contributed by atoms with Crippen molar-refractivity contribution >= 4 is 23.6 Å². The predicted octanol–water partition coefficient (Wildman–Crippen LogP) is 1.58. The van der Waals surface area contributed by atoms with Crippen LogP contribution in [0.1, 0.15) is 18.1 Å². The molecule has 20 heavy (non-hydrogen) atoms. The van der Waals surface area contributed by atoms with Crippen molar-refractivity contribution in [2.45, 2.75) is 26.9 Å². The molecule has 0 fully saturated rings. The minimum atomic E-state index is -0.690. The van der Waals surface area contributed by atoms with Crippen molar-refractivity contribution < 1.29 is 14.3 Å². The van der Waals surface area contributed by atoms with E-state index >= 15 is 0 Å². The number of benzene rings is 1. The Kier molecular flexibility index (Phi) is 6.38. The molecular formula is C14H20N2O3S. The topological polar surface area (TPSA) is 67.4 Å². The predicted molar refractivity (Wildman–Crippen MR) is 80.7 cm³/mol. The molecular weight excluding hydrogens is 276 g/mol. The Labute approximate surface area is 123 Å². The van der Waals surface area contributed by atoms with Crippen LogP contribution in [0.15, 0.2) is 18.2 Å². The van der Waals surface area contributed by atoms with Gasteiger partial charge in [-0.15, -0.1) is 0 Å². The molecule has 2 N–H and O–H groups in total. The van der Waals surface area contributed by atoms with Gasteiger partial charge in [-0.05, 0) is 44.2 Å². The molecule has 0 aliphatic heterocycles. The summed E-state index contributed by atoms with van der Waals surface area (Å²) in [5.41, 5.74) is 6.78. The van der Waals surface area contributed by atoms with Crippen LogP contribution in [0.5, 0.6) is 5.75 Å². The molecule has 5 nitrogen and oxygen atoms in total. The van der Waals surface area contributed by atoms with Gasteiger partial charge in [0, 0.05) is 0 Å². The summed E-state index contributed by atoms with van der Waals surface area (Å²) in [5, 5.41) is 0. The number of rotatable bonds is 5. The summed E-state index contributed by atoms with van der Waals surface area (Å²) in [5.74, 6) is 0.334. The second-order valence-corrected chi connectivity index (χ2v) is 5.29. The normalized spacial score (nSPS) is 11.6. The van der Waals surface area contributed by atoms with E-state index in [1.54, 1.807) is 6.92 Å². The Bertz CT molecular complexity index is 491. The van der Waals surface area contributed by atoms with Gasteiger partial charge < -0.3 is 4.74 Å². The lowest BCUT2D eigenvalue weighted by atomic mass is 10.1. The fourth-order valence-electron chi connectivity index (χ4n) is 1.50. The van der Waals surface area contributed by atoms with E-state index in [0.29, 0.717) is 11.5 Å². The van der Waals surface area contributed by atoms with Gasteiger partial charge in [0.15, 0.2) is 6.10 Å². The van der Waals surface area contributed by atoms with Crippen LogP contribution in [0.2, 0.25) is 0 Å². The fourth-order valence-corrected chi connectivity index (χ4v) is 1.83. The first-order valence-electron chi connectivity index (χ1n) is 6.26. The highest BCUT2D eigenvalue weighted by atomic mass is 32.2. The lowest BCUT2D eigenvalue weighted by Crippen LogP contribution is -2.47. The van der Waals surface area contributed by atoms with E-state index in [0.717, 1.165) is 11.1 Å². The molecule has 0 aromatic heterocycles. The number of nitrogens with one attached hydrogen (secondary N) is 2. The Balaban J connectivity index is 2.53. The quantitative estimate of drug-likeness (QED) is 0.810. The largest absolute Gasteiger partial charge is 0.481 e. The number of aryl methyl sites for hydroxylation is 1. The van der Waals surface area contributed by atoms with E-state index in [1.165, 1.54) is 11.8 Å². The molecule has 0 saturated heterocycles. The molecule has 0 radical (unpaired) electrons. The highest BCUT2D eigenvalue weighted by Gasteiger charge is 2.16. The van der Waals surface area contributed by atoms with Crippen molar-refractivity contribution in [3.05, 3.63) is 29.3 Å². The van der Waals surface area contributed by atoms with Crippen LogP contribution in [-0.4, -0.2) is 29.9 Å². The van der Waals surface area contributed by atoms with Crippen LogP contribution < -0.4 is 15.6 Å². The van der Waals surface area contributed by atoms with Crippen molar-refractivity contribution in [1.82, 2.24) is 10.9 Å². The first kappa shape index (κ1) is 16.4. The number of amides is 2. The molecule has 6 heteroatoms. The molecule has 0 saturated carbocycles. The molecule has 1 rings (SSSR count). The summed E-state index contributed by atoms with van der Waals surface area (Å²) in [4.78, 5) is 23.0. The average molecular weight is 296 g/mol. The number of carbonyl (C=O) groups excluding carboxylic acids is 2. The van der Waals surface area contributed by atoms with Crippen molar-refractivity contribution in [1.29, 1.82) is 0 Å². The van der Waals surface area contributed by atoms with Crippen LogP contribution in [-0.2, 0) is 9.59 Å². The number of thioether (sulfide) groups is 1. The van der Waals surface area contributed by atoms with Crippen molar-refractivity contribution in [2.24, 2.45) is 0 Å². The smallest absolute Gasteiger partial charge is 0.279 e. The summed E-state index contributed by atoms with van der Waals surface area (Å²) < 4.78 is 5.61. The number of hydrazine groups is 1. The van der Waals surface area contributed by atoms with Gasteiger partial charge in [0.1, 0.15) is 5.75 Å². The fraction of sp³-hybridized carbons (Fsp3) is 0.429. The van der Waals surface area contributed by atoms with Crippen LogP contribution in [0, 0.1) is 13.8 Å². The third-order valence-electron chi connectivity index (χ3n) is 2.83. The summed E-state index contributed by atoms with van der Waals surface area (Å²) in [6.45, 7) is 5.56. The highest BCUT2D eigenvalue weighted by Crippen LogP contribution is 2.21. The number of hydrogen-bond acceptors (Lipinski definition) is 4. The minimum Gasteiger partial charge on any atom is -0.481 e. The molecule has 0 aliphatic rings. The van der Waals surface area contributed by atoms with Gasteiger partial charge in [0.2, 0.25) is 5.91 Å². The number of hydrogen-bond donors (Lipinski definition) is 2. The van der Waals surface area contributed by atoms with Gasteiger partial charge in [0.05, 0.1) is 5.75 Å². The first-order valence-corrected chi connectivity index (χ1v) is 7.65. The van der Waals surface area contributed by atoms with Crippen LogP contribution >= 0.6 is 11.8 Å². The molecule has 0 spiro atoms. The van der Waals surface area contributed by atoms with E-state index in [9.17, 15) is 9.59 Å². The second-order valence-electron chi connectivity index (χ2n) is 4.43. The van der Waals surface area contributed by atoms with E-state index in [-0.39, 0.29) is 11.8 Å². The van der Waals surface area contributed by atoms with Gasteiger partial charge in [-0.2, -0.15) is 11.8 Å². The van der Waals surface area contributed by atoms with Gasteiger partial charge in [0.25, 0.3) is 5.91 Å². The molecule has 1 aromatic carbocycles. The minimum absolute atomic E-state index is 0.246. The molecule has 110 valence electrons. The Morgan fingerprint density at radius 2 is 2.00 bits per heavy atom. The maximum Gasteiger partial charge on any atom is 0.279 e. The Morgan fingerprint density at radius 3 is 2.65 bits per heavy atom.